The number of ether oxygens (including phenoxy) is 1. The molecule has 1 heterocycles. The lowest BCUT2D eigenvalue weighted by Gasteiger charge is -2.25. The van der Waals surface area contributed by atoms with E-state index in [0.717, 1.165) is 0 Å². The summed E-state index contributed by atoms with van der Waals surface area (Å²) in [5, 5.41) is 13.4. The van der Waals surface area contributed by atoms with Crippen molar-refractivity contribution in [3.63, 3.8) is 0 Å². The van der Waals surface area contributed by atoms with Gasteiger partial charge in [-0.2, -0.15) is 5.10 Å². The number of rotatable bonds is 5. The Morgan fingerprint density at radius 2 is 2.19 bits per heavy atom. The van der Waals surface area contributed by atoms with Crippen LogP contribution in [0.5, 0.6) is 0 Å². The summed E-state index contributed by atoms with van der Waals surface area (Å²) < 4.78 is 6.38. The van der Waals surface area contributed by atoms with Crippen molar-refractivity contribution in [1.29, 1.82) is 0 Å². The summed E-state index contributed by atoms with van der Waals surface area (Å²) in [5.41, 5.74) is -1.11. The second-order valence-electron chi connectivity index (χ2n) is 3.94. The minimum atomic E-state index is -1.11. The minimum Gasteiger partial charge on any atom is -0.479 e. The Morgan fingerprint density at radius 1 is 1.56 bits per heavy atom. The van der Waals surface area contributed by atoms with Crippen molar-refractivity contribution in [1.82, 2.24) is 14.8 Å². The van der Waals surface area contributed by atoms with Crippen LogP contribution in [0.25, 0.3) is 0 Å². The summed E-state index contributed by atoms with van der Waals surface area (Å²) in [6.45, 7) is 5.46. The van der Waals surface area contributed by atoms with Crippen LogP contribution in [-0.4, -0.2) is 39.6 Å². The second kappa shape index (κ2) is 4.61. The van der Waals surface area contributed by atoms with Gasteiger partial charge in [0.2, 0.25) is 0 Å². The highest BCUT2D eigenvalue weighted by Gasteiger charge is 2.37. The molecule has 90 valence electrons. The van der Waals surface area contributed by atoms with Crippen LogP contribution in [0.4, 0.5) is 0 Å². The van der Waals surface area contributed by atoms with Gasteiger partial charge in [-0.1, -0.05) is 0 Å². The van der Waals surface area contributed by atoms with Crippen molar-refractivity contribution in [3.8, 4) is 0 Å². The van der Waals surface area contributed by atoms with E-state index in [1.807, 2.05) is 0 Å². The first kappa shape index (κ1) is 12.6. The van der Waals surface area contributed by atoms with Crippen LogP contribution >= 0.6 is 0 Å². The zero-order valence-electron chi connectivity index (χ0n) is 10.0. The summed E-state index contributed by atoms with van der Waals surface area (Å²) in [7, 11) is 1.54. The normalized spacial score (nSPS) is 14.8. The van der Waals surface area contributed by atoms with E-state index in [4.69, 9.17) is 4.74 Å². The van der Waals surface area contributed by atoms with E-state index < -0.39 is 11.5 Å². The van der Waals surface area contributed by atoms with Gasteiger partial charge in [0.05, 0.1) is 0 Å². The number of methoxy groups -OCH3 is 1. The Hall–Kier alpha value is -1.43. The Labute approximate surface area is 94.2 Å². The molecule has 0 bridgehead atoms. The molecule has 6 heteroatoms. The highest BCUT2D eigenvalue weighted by Crippen LogP contribution is 2.21. The van der Waals surface area contributed by atoms with Crippen LogP contribution in [0.1, 0.15) is 25.0 Å². The van der Waals surface area contributed by atoms with Gasteiger partial charge in [-0.3, -0.25) is 0 Å². The predicted molar refractivity (Wildman–Crippen MR) is 57.3 cm³/mol. The predicted octanol–water partition coefficient (Wildman–Crippen LogP) is 0.731. The smallest absolute Gasteiger partial charge is 0.331 e. The van der Waals surface area contributed by atoms with Crippen LogP contribution < -0.4 is 0 Å². The van der Waals surface area contributed by atoms with Gasteiger partial charge < -0.3 is 9.84 Å². The van der Waals surface area contributed by atoms with Crippen molar-refractivity contribution in [2.45, 2.75) is 32.7 Å². The van der Waals surface area contributed by atoms with Gasteiger partial charge in [0.1, 0.15) is 11.6 Å². The third-order valence-electron chi connectivity index (χ3n) is 2.60. The van der Waals surface area contributed by atoms with E-state index in [-0.39, 0.29) is 0 Å². The van der Waals surface area contributed by atoms with E-state index in [1.54, 1.807) is 27.9 Å². The number of carbonyl (C=O) groups is 1. The maximum Gasteiger partial charge on any atom is 0.331 e. The molecule has 0 aromatic carbocycles. The van der Waals surface area contributed by atoms with Crippen LogP contribution in [0, 0.1) is 13.8 Å². The topological polar surface area (TPSA) is 77.2 Å². The van der Waals surface area contributed by atoms with Crippen LogP contribution in [-0.2, 0) is 15.1 Å². The van der Waals surface area contributed by atoms with Gasteiger partial charge in [-0.15, -0.1) is 0 Å². The zero-order chi connectivity index (χ0) is 12.3. The summed E-state index contributed by atoms with van der Waals surface area (Å²) >= 11 is 0. The Kier molecular flexibility index (Phi) is 3.64. The van der Waals surface area contributed by atoms with E-state index in [0.29, 0.717) is 24.7 Å². The molecule has 0 aliphatic rings. The Morgan fingerprint density at radius 3 is 2.56 bits per heavy atom. The first-order valence-corrected chi connectivity index (χ1v) is 5.05. The van der Waals surface area contributed by atoms with Gasteiger partial charge in [0.25, 0.3) is 0 Å². The molecule has 1 unspecified atom stereocenters. The number of aliphatic carboxylic acids is 1. The molecule has 0 saturated heterocycles. The highest BCUT2D eigenvalue weighted by molar-refractivity contribution is 5.76. The Balaban J connectivity index is 3.10. The van der Waals surface area contributed by atoms with Gasteiger partial charge in [-0.05, 0) is 20.8 Å². The molecule has 6 nitrogen and oxygen atoms in total. The first-order chi connectivity index (χ1) is 7.41. The summed E-state index contributed by atoms with van der Waals surface area (Å²) in [4.78, 5) is 15.5. The third-order valence-corrected chi connectivity index (χ3v) is 2.60. The summed E-state index contributed by atoms with van der Waals surface area (Å²) in [6.07, 6.45) is 0.350. The summed E-state index contributed by atoms with van der Waals surface area (Å²) in [6, 6.07) is 0. The number of nitrogens with zero attached hydrogens (tertiary/aromatic N) is 3. The largest absolute Gasteiger partial charge is 0.479 e. The molecule has 0 aliphatic heterocycles. The van der Waals surface area contributed by atoms with Crippen molar-refractivity contribution in [3.05, 3.63) is 11.6 Å². The third kappa shape index (κ3) is 2.21. The molecule has 1 atom stereocenters. The zero-order valence-corrected chi connectivity index (χ0v) is 10.0. The fourth-order valence-corrected chi connectivity index (χ4v) is 1.59. The molecule has 1 aromatic rings. The van der Waals surface area contributed by atoms with E-state index in [1.165, 1.54) is 4.68 Å². The molecule has 0 amide bonds. The average Bonchev–Trinajstić information content (AvgIpc) is 2.54. The number of aromatic nitrogens is 3. The van der Waals surface area contributed by atoms with Gasteiger partial charge in [0, 0.05) is 20.1 Å². The molecule has 1 aromatic heterocycles. The number of carboxylic acids is 1. The Bertz CT molecular complexity index is 389. The molecule has 0 saturated carbocycles. The maximum atomic E-state index is 11.3. The van der Waals surface area contributed by atoms with Crippen molar-refractivity contribution < 1.29 is 14.6 Å². The van der Waals surface area contributed by atoms with E-state index in [2.05, 4.69) is 10.1 Å². The molecule has 0 fully saturated rings. The van der Waals surface area contributed by atoms with E-state index in [9.17, 15) is 9.90 Å². The number of hydrogen-bond acceptors (Lipinski definition) is 4. The number of aryl methyl sites for hydroxylation is 2. The standard InChI is InChI=1S/C10H17N3O3/c1-7-11-8(2)13(12-7)10(3,9(14)15)5-6-16-4/h5-6H2,1-4H3,(H,14,15). The van der Waals surface area contributed by atoms with E-state index >= 15 is 0 Å². The lowest BCUT2D eigenvalue weighted by molar-refractivity contribution is -0.148. The SMILES string of the molecule is COCCC(C)(C(=O)O)n1nc(C)nc1C. The van der Waals surface area contributed by atoms with Crippen LogP contribution in [0.2, 0.25) is 0 Å². The van der Waals surface area contributed by atoms with Crippen molar-refractivity contribution >= 4 is 5.97 Å². The van der Waals surface area contributed by atoms with Crippen LogP contribution in [0.15, 0.2) is 0 Å². The lowest BCUT2D eigenvalue weighted by atomic mass is 9.99. The monoisotopic (exact) mass is 227 g/mol. The van der Waals surface area contributed by atoms with Crippen molar-refractivity contribution in [2.24, 2.45) is 0 Å². The summed E-state index contributed by atoms with van der Waals surface area (Å²) in [5.74, 6) is 0.235. The average molecular weight is 227 g/mol. The number of hydrogen-bond donors (Lipinski definition) is 1. The number of carboxylic acid groups (broad SMARTS) is 1. The molecule has 1 rings (SSSR count). The van der Waals surface area contributed by atoms with Crippen LogP contribution in [0.3, 0.4) is 0 Å². The first-order valence-electron chi connectivity index (χ1n) is 5.05. The second-order valence-corrected chi connectivity index (χ2v) is 3.94. The maximum absolute atomic E-state index is 11.3. The molecule has 1 N–H and O–H groups in total. The molecular weight excluding hydrogens is 210 g/mol. The molecule has 0 radical (unpaired) electrons. The minimum absolute atomic E-state index is 0.350. The molecular formula is C10H17N3O3. The quantitative estimate of drug-likeness (QED) is 0.802. The fourth-order valence-electron chi connectivity index (χ4n) is 1.59. The van der Waals surface area contributed by atoms with Gasteiger partial charge in [-0.25, -0.2) is 14.5 Å². The lowest BCUT2D eigenvalue weighted by Crippen LogP contribution is -2.41. The molecule has 0 spiro atoms. The van der Waals surface area contributed by atoms with Gasteiger partial charge in [0.15, 0.2) is 5.54 Å². The molecule has 0 aliphatic carbocycles. The molecule has 16 heavy (non-hydrogen) atoms. The van der Waals surface area contributed by atoms with Crippen molar-refractivity contribution in [2.75, 3.05) is 13.7 Å². The van der Waals surface area contributed by atoms with Gasteiger partial charge >= 0.3 is 5.97 Å². The fraction of sp³-hybridized carbons (Fsp3) is 0.700. The highest BCUT2D eigenvalue weighted by atomic mass is 16.5.